The van der Waals surface area contributed by atoms with E-state index in [0.717, 1.165) is 15.4 Å². The summed E-state index contributed by atoms with van der Waals surface area (Å²) < 4.78 is 24.8. The molecule has 8 heteroatoms. The van der Waals surface area contributed by atoms with Crippen molar-refractivity contribution < 1.29 is 18.0 Å². The lowest BCUT2D eigenvalue weighted by Gasteiger charge is -2.16. The van der Waals surface area contributed by atoms with E-state index in [2.05, 4.69) is 5.32 Å². The van der Waals surface area contributed by atoms with Gasteiger partial charge < -0.3 is 5.32 Å². The first-order valence-corrected chi connectivity index (χ1v) is 9.96. The smallest absolute Gasteiger partial charge is 0.253 e. The lowest BCUT2D eigenvalue weighted by Crippen LogP contribution is -2.30. The van der Waals surface area contributed by atoms with Gasteiger partial charge >= 0.3 is 0 Å². The molecule has 1 N–H and O–H groups in total. The number of amides is 2. The molecule has 1 aliphatic heterocycles. The van der Waals surface area contributed by atoms with E-state index in [-0.39, 0.29) is 28.4 Å². The second-order valence-corrected chi connectivity index (χ2v) is 8.40. The molecule has 1 saturated heterocycles. The molecule has 0 unspecified atom stereocenters. The van der Waals surface area contributed by atoms with Crippen molar-refractivity contribution in [1.82, 2.24) is 5.32 Å². The van der Waals surface area contributed by atoms with Crippen molar-refractivity contribution in [2.75, 3.05) is 10.1 Å². The Bertz CT molecular complexity index is 971. The normalized spacial score (nSPS) is 15.9. The van der Waals surface area contributed by atoms with E-state index in [1.165, 1.54) is 18.2 Å². The third-order valence-electron chi connectivity index (χ3n) is 4.08. The monoisotopic (exact) mass is 392 g/mol. The van der Waals surface area contributed by atoms with Crippen LogP contribution in [0.3, 0.4) is 0 Å². The molecule has 0 bridgehead atoms. The van der Waals surface area contributed by atoms with Crippen LogP contribution in [-0.2, 0) is 21.4 Å². The van der Waals surface area contributed by atoms with Gasteiger partial charge in [-0.15, -0.1) is 0 Å². The van der Waals surface area contributed by atoms with E-state index in [4.69, 9.17) is 11.6 Å². The van der Waals surface area contributed by atoms with Crippen molar-refractivity contribution in [3.05, 3.63) is 64.2 Å². The maximum Gasteiger partial charge on any atom is 0.253 e. The lowest BCUT2D eigenvalue weighted by molar-refractivity contribution is -0.116. The highest BCUT2D eigenvalue weighted by atomic mass is 35.5. The molecule has 0 atom stereocenters. The van der Waals surface area contributed by atoms with E-state index < -0.39 is 21.8 Å². The van der Waals surface area contributed by atoms with Gasteiger partial charge in [0.2, 0.25) is 15.9 Å². The number of carbonyl (C=O) groups excluding carboxylic acids is 2. The van der Waals surface area contributed by atoms with Crippen LogP contribution in [0.4, 0.5) is 5.69 Å². The fourth-order valence-electron chi connectivity index (χ4n) is 2.67. The third kappa shape index (κ3) is 3.73. The fourth-order valence-corrected chi connectivity index (χ4v) is 4.32. The summed E-state index contributed by atoms with van der Waals surface area (Å²) in [6.07, 6.45) is -0.0695. The predicted molar refractivity (Wildman–Crippen MR) is 99.7 cm³/mol. The van der Waals surface area contributed by atoms with Crippen molar-refractivity contribution >= 4 is 39.1 Å². The van der Waals surface area contributed by atoms with Crippen molar-refractivity contribution in [1.29, 1.82) is 0 Å². The number of hydrogen-bond donors (Lipinski definition) is 1. The van der Waals surface area contributed by atoms with Gasteiger partial charge in [-0.05, 0) is 30.7 Å². The molecule has 1 heterocycles. The highest BCUT2D eigenvalue weighted by molar-refractivity contribution is 7.94. The SMILES string of the molecule is Cc1ccc(CNC(=O)c2cc(N3C(=O)CCS3(=O)=O)ccc2Cl)cc1. The number of nitrogens with zero attached hydrogens (tertiary/aromatic N) is 1. The Morgan fingerprint density at radius 1 is 1.19 bits per heavy atom. The van der Waals surface area contributed by atoms with Gasteiger partial charge in [0.25, 0.3) is 5.91 Å². The van der Waals surface area contributed by atoms with Crippen LogP contribution in [0.25, 0.3) is 0 Å². The highest BCUT2D eigenvalue weighted by Gasteiger charge is 2.36. The predicted octanol–water partition coefficient (Wildman–Crippen LogP) is 2.64. The molecule has 136 valence electrons. The maximum absolute atomic E-state index is 12.5. The number of aryl methyl sites for hydroxylation is 1. The Morgan fingerprint density at radius 2 is 1.88 bits per heavy atom. The zero-order valence-electron chi connectivity index (χ0n) is 14.0. The highest BCUT2D eigenvalue weighted by Crippen LogP contribution is 2.29. The number of carbonyl (C=O) groups is 2. The largest absolute Gasteiger partial charge is 0.348 e. The van der Waals surface area contributed by atoms with Crippen LogP contribution in [0.15, 0.2) is 42.5 Å². The van der Waals surface area contributed by atoms with E-state index in [1.54, 1.807) is 0 Å². The number of sulfonamides is 1. The van der Waals surface area contributed by atoms with Gasteiger partial charge in [-0.2, -0.15) is 0 Å². The molecule has 0 aromatic heterocycles. The van der Waals surface area contributed by atoms with Gasteiger partial charge in [0.05, 0.1) is 22.0 Å². The van der Waals surface area contributed by atoms with E-state index in [9.17, 15) is 18.0 Å². The molecule has 2 amide bonds. The van der Waals surface area contributed by atoms with Gasteiger partial charge in [0.1, 0.15) is 0 Å². The zero-order chi connectivity index (χ0) is 18.9. The summed E-state index contributed by atoms with van der Waals surface area (Å²) in [5, 5.41) is 2.93. The van der Waals surface area contributed by atoms with Gasteiger partial charge in [0, 0.05) is 13.0 Å². The van der Waals surface area contributed by atoms with Crippen LogP contribution in [0.5, 0.6) is 0 Å². The second-order valence-electron chi connectivity index (χ2n) is 6.06. The standard InChI is InChI=1S/C18H17ClN2O4S/c1-12-2-4-13(5-3-12)11-20-18(23)15-10-14(6-7-16(15)19)21-17(22)8-9-26(21,24)25/h2-7,10H,8-9,11H2,1H3,(H,20,23). The summed E-state index contributed by atoms with van der Waals surface area (Å²) >= 11 is 6.09. The zero-order valence-corrected chi connectivity index (χ0v) is 15.6. The lowest BCUT2D eigenvalue weighted by atomic mass is 10.1. The van der Waals surface area contributed by atoms with Crippen molar-refractivity contribution in [2.45, 2.75) is 19.9 Å². The first-order chi connectivity index (χ1) is 12.3. The molecule has 6 nitrogen and oxygen atoms in total. The second kappa shape index (κ2) is 7.09. The molecular formula is C18H17ClN2O4S. The van der Waals surface area contributed by atoms with Crippen LogP contribution in [0.1, 0.15) is 27.9 Å². The average molecular weight is 393 g/mol. The molecule has 2 aromatic rings. The van der Waals surface area contributed by atoms with Gasteiger partial charge in [-0.1, -0.05) is 41.4 Å². The summed E-state index contributed by atoms with van der Waals surface area (Å²) in [6.45, 7) is 2.28. The Labute approximate surface area is 156 Å². The Morgan fingerprint density at radius 3 is 2.50 bits per heavy atom. The van der Waals surface area contributed by atoms with Crippen LogP contribution in [-0.4, -0.2) is 26.0 Å². The van der Waals surface area contributed by atoms with Crippen LogP contribution in [0, 0.1) is 6.92 Å². The minimum atomic E-state index is -3.69. The van der Waals surface area contributed by atoms with Gasteiger partial charge in [-0.3, -0.25) is 9.59 Å². The molecule has 0 spiro atoms. The average Bonchev–Trinajstić information content (AvgIpc) is 2.88. The number of hydrogen-bond acceptors (Lipinski definition) is 4. The molecule has 0 saturated carbocycles. The summed E-state index contributed by atoms with van der Waals surface area (Å²) in [5.41, 5.74) is 2.28. The Balaban J connectivity index is 1.82. The molecule has 1 fully saturated rings. The van der Waals surface area contributed by atoms with E-state index in [0.29, 0.717) is 6.54 Å². The molecule has 2 aromatic carbocycles. The van der Waals surface area contributed by atoms with Crippen molar-refractivity contribution in [3.63, 3.8) is 0 Å². The number of benzene rings is 2. The van der Waals surface area contributed by atoms with Crippen LogP contribution >= 0.6 is 11.6 Å². The van der Waals surface area contributed by atoms with E-state index >= 15 is 0 Å². The minimum Gasteiger partial charge on any atom is -0.348 e. The quantitative estimate of drug-likeness (QED) is 0.866. The number of rotatable bonds is 4. The minimum absolute atomic E-state index is 0.0695. The first-order valence-electron chi connectivity index (χ1n) is 7.97. The number of nitrogens with one attached hydrogen (secondary N) is 1. The number of anilines is 1. The summed E-state index contributed by atoms with van der Waals surface area (Å²) in [6, 6.07) is 11.9. The van der Waals surface area contributed by atoms with Crippen molar-refractivity contribution in [3.8, 4) is 0 Å². The van der Waals surface area contributed by atoms with Crippen LogP contribution in [0.2, 0.25) is 5.02 Å². The Hall–Kier alpha value is -2.38. The molecule has 0 radical (unpaired) electrons. The fraction of sp³-hybridized carbons (Fsp3) is 0.222. The topological polar surface area (TPSA) is 83.6 Å². The van der Waals surface area contributed by atoms with Crippen LogP contribution < -0.4 is 9.62 Å². The Kier molecular flexibility index (Phi) is 5.02. The van der Waals surface area contributed by atoms with Crippen molar-refractivity contribution in [2.24, 2.45) is 0 Å². The van der Waals surface area contributed by atoms with Gasteiger partial charge in [-0.25, -0.2) is 12.7 Å². The summed E-state index contributed by atoms with van der Waals surface area (Å²) in [7, 11) is -3.69. The molecule has 3 rings (SSSR count). The summed E-state index contributed by atoms with van der Waals surface area (Å²) in [4.78, 5) is 24.4. The third-order valence-corrected chi connectivity index (χ3v) is 6.10. The molecule has 0 aliphatic carbocycles. The van der Waals surface area contributed by atoms with E-state index in [1.807, 2.05) is 31.2 Å². The molecular weight excluding hydrogens is 376 g/mol. The molecule has 26 heavy (non-hydrogen) atoms. The maximum atomic E-state index is 12.5. The first kappa shape index (κ1) is 18.4. The summed E-state index contributed by atoms with van der Waals surface area (Å²) in [5.74, 6) is -1.19. The van der Waals surface area contributed by atoms with Gasteiger partial charge in [0.15, 0.2) is 0 Å². The molecule has 1 aliphatic rings. The number of halogens is 1.